The number of benzene rings is 1. The van der Waals surface area contributed by atoms with Crippen LogP contribution in [0.1, 0.15) is 33.7 Å². The average molecular weight is 380 g/mol. The van der Waals surface area contributed by atoms with Crippen molar-refractivity contribution in [2.24, 2.45) is 0 Å². The van der Waals surface area contributed by atoms with E-state index in [-0.39, 0.29) is 23.2 Å². The molecule has 8 nitrogen and oxygen atoms in total. The highest BCUT2D eigenvalue weighted by Gasteiger charge is 2.25. The van der Waals surface area contributed by atoms with Crippen LogP contribution in [-0.2, 0) is 4.74 Å². The maximum absolute atomic E-state index is 14.1. The number of carbonyl (C=O) groups is 2. The zero-order valence-corrected chi connectivity index (χ0v) is 14.5. The summed E-state index contributed by atoms with van der Waals surface area (Å²) in [7, 11) is 1.23. The van der Waals surface area contributed by atoms with Gasteiger partial charge in [0.1, 0.15) is 17.0 Å². The second-order valence-corrected chi connectivity index (χ2v) is 5.91. The van der Waals surface area contributed by atoms with Crippen LogP contribution in [0.25, 0.3) is 0 Å². The number of nitrogens with one attached hydrogen (secondary N) is 3. The Bertz CT molecular complexity index is 849. The summed E-state index contributed by atoms with van der Waals surface area (Å²) in [5, 5.41) is 11.4. The summed E-state index contributed by atoms with van der Waals surface area (Å²) in [6.07, 6.45) is 2.56. The molecule has 1 aromatic carbocycles. The molecule has 3 N–H and O–H groups in total. The lowest BCUT2D eigenvalue weighted by atomic mass is 10.1. The number of methoxy groups -OCH3 is 1. The molecule has 1 aliphatic heterocycles. The molecule has 2 amide bonds. The Hall–Kier alpha value is -3.01. The molecule has 2 aromatic rings. The van der Waals surface area contributed by atoms with Crippen molar-refractivity contribution in [3.8, 4) is 5.75 Å². The molecule has 0 bridgehead atoms. The van der Waals surface area contributed by atoms with E-state index in [0.717, 1.165) is 12.1 Å². The summed E-state index contributed by atoms with van der Waals surface area (Å²) in [4.78, 5) is 24.9. The Kier molecular flexibility index (Phi) is 5.65. The van der Waals surface area contributed by atoms with E-state index >= 15 is 0 Å². The summed E-state index contributed by atoms with van der Waals surface area (Å²) in [6, 6.07) is 1.94. The topological polar surface area (TPSA) is 105 Å². The predicted octanol–water partition coefficient (Wildman–Crippen LogP) is 1.86. The molecule has 27 heavy (non-hydrogen) atoms. The van der Waals surface area contributed by atoms with Crippen LogP contribution in [0.3, 0.4) is 0 Å². The fraction of sp³-hybridized carbons (Fsp3) is 0.353. The average Bonchev–Trinajstić information content (AvgIpc) is 3.12. The van der Waals surface area contributed by atoms with Crippen LogP contribution in [0.5, 0.6) is 5.75 Å². The highest BCUT2D eigenvalue weighted by Crippen LogP contribution is 2.25. The number of aromatic nitrogens is 2. The molecule has 1 aliphatic rings. The summed E-state index contributed by atoms with van der Waals surface area (Å²) < 4.78 is 37.7. The molecule has 0 spiro atoms. The van der Waals surface area contributed by atoms with Gasteiger partial charge >= 0.3 is 0 Å². The number of anilines is 1. The summed E-state index contributed by atoms with van der Waals surface area (Å²) >= 11 is 0. The van der Waals surface area contributed by atoms with Gasteiger partial charge < -0.3 is 20.1 Å². The number of ether oxygens (including phenoxy) is 2. The molecule has 0 atom stereocenters. The number of carbonyl (C=O) groups excluding carboxylic acids is 2. The van der Waals surface area contributed by atoms with Crippen LogP contribution < -0.4 is 15.4 Å². The number of amides is 2. The number of hydrogen-bond acceptors (Lipinski definition) is 5. The first kappa shape index (κ1) is 18.8. The van der Waals surface area contributed by atoms with Gasteiger partial charge in [-0.1, -0.05) is 0 Å². The highest BCUT2D eigenvalue weighted by atomic mass is 19.2. The van der Waals surface area contributed by atoms with Crippen LogP contribution in [0.2, 0.25) is 0 Å². The minimum absolute atomic E-state index is 0.00520. The second-order valence-electron chi connectivity index (χ2n) is 5.91. The van der Waals surface area contributed by atoms with Gasteiger partial charge in [0, 0.05) is 19.3 Å². The van der Waals surface area contributed by atoms with Crippen molar-refractivity contribution in [1.82, 2.24) is 15.5 Å². The van der Waals surface area contributed by atoms with Gasteiger partial charge in [0.2, 0.25) is 0 Å². The number of hydrogen-bond donors (Lipinski definition) is 3. The zero-order valence-electron chi connectivity index (χ0n) is 14.5. The van der Waals surface area contributed by atoms with Crippen molar-refractivity contribution in [3.05, 3.63) is 41.2 Å². The normalized spacial score (nSPS) is 14.6. The molecule has 1 aromatic heterocycles. The van der Waals surface area contributed by atoms with Crippen LogP contribution in [0.4, 0.5) is 14.5 Å². The predicted molar refractivity (Wildman–Crippen MR) is 90.8 cm³/mol. The van der Waals surface area contributed by atoms with Gasteiger partial charge in [-0.25, -0.2) is 8.78 Å². The van der Waals surface area contributed by atoms with E-state index in [0.29, 0.717) is 26.1 Å². The monoisotopic (exact) mass is 380 g/mol. The van der Waals surface area contributed by atoms with Crippen LogP contribution in [0, 0.1) is 11.6 Å². The van der Waals surface area contributed by atoms with Crippen molar-refractivity contribution in [3.63, 3.8) is 0 Å². The lowest BCUT2D eigenvalue weighted by Crippen LogP contribution is -2.39. The molecular formula is C17H18F2N4O4. The van der Waals surface area contributed by atoms with Crippen LogP contribution in [0.15, 0.2) is 18.3 Å². The first-order valence-electron chi connectivity index (χ1n) is 8.26. The van der Waals surface area contributed by atoms with Crippen LogP contribution >= 0.6 is 0 Å². The van der Waals surface area contributed by atoms with E-state index in [1.807, 2.05) is 0 Å². The lowest BCUT2D eigenvalue weighted by molar-refractivity contribution is 0.0694. The quantitative estimate of drug-likeness (QED) is 0.734. The smallest absolute Gasteiger partial charge is 0.271 e. The molecular weight excluding hydrogens is 362 g/mol. The standard InChI is InChI=1S/C17H18F2N4O4/c1-26-12-3-2-10(18)14(19)13(12)16(24)22-11-8-20-23-15(11)17(25)21-9-4-6-27-7-5-9/h2-3,8-9H,4-7H2,1H3,(H,20,23)(H,21,25)(H,22,24). The van der Waals surface area contributed by atoms with Gasteiger partial charge in [0.15, 0.2) is 11.6 Å². The molecule has 3 rings (SSSR count). The number of aromatic amines is 1. The molecule has 10 heteroatoms. The molecule has 1 fully saturated rings. The Morgan fingerprint density at radius 2 is 2.00 bits per heavy atom. The third-order valence-corrected chi connectivity index (χ3v) is 4.17. The van der Waals surface area contributed by atoms with Crippen molar-refractivity contribution >= 4 is 17.5 Å². The Labute approximate surface area is 153 Å². The molecule has 0 radical (unpaired) electrons. The maximum Gasteiger partial charge on any atom is 0.271 e. The van der Waals surface area contributed by atoms with E-state index in [9.17, 15) is 18.4 Å². The van der Waals surface area contributed by atoms with Gasteiger partial charge in [0.05, 0.1) is 19.0 Å². The van der Waals surface area contributed by atoms with E-state index in [1.54, 1.807) is 0 Å². The molecule has 0 unspecified atom stereocenters. The summed E-state index contributed by atoms with van der Waals surface area (Å²) in [6.45, 7) is 1.10. The molecule has 0 aliphatic carbocycles. The van der Waals surface area contributed by atoms with Gasteiger partial charge in [-0.3, -0.25) is 14.7 Å². The molecule has 2 heterocycles. The van der Waals surface area contributed by atoms with Gasteiger partial charge in [0.25, 0.3) is 11.8 Å². The second kappa shape index (κ2) is 8.12. The Morgan fingerprint density at radius 3 is 2.70 bits per heavy atom. The number of rotatable bonds is 5. The maximum atomic E-state index is 14.1. The van der Waals surface area contributed by atoms with E-state index in [2.05, 4.69) is 20.8 Å². The number of nitrogens with zero attached hydrogens (tertiary/aromatic N) is 1. The SMILES string of the molecule is COc1ccc(F)c(F)c1C(=O)Nc1cn[nH]c1C(=O)NC1CCOCC1. The van der Waals surface area contributed by atoms with Gasteiger partial charge in [-0.2, -0.15) is 5.10 Å². The molecule has 144 valence electrons. The van der Waals surface area contributed by atoms with E-state index in [4.69, 9.17) is 9.47 Å². The third-order valence-electron chi connectivity index (χ3n) is 4.17. The Balaban J connectivity index is 1.77. The van der Waals surface area contributed by atoms with E-state index < -0.39 is 29.0 Å². The Morgan fingerprint density at radius 1 is 1.26 bits per heavy atom. The minimum Gasteiger partial charge on any atom is -0.496 e. The van der Waals surface area contributed by atoms with Crippen LogP contribution in [-0.4, -0.2) is 48.4 Å². The van der Waals surface area contributed by atoms with Gasteiger partial charge in [-0.15, -0.1) is 0 Å². The molecule has 1 saturated heterocycles. The number of halogens is 2. The van der Waals surface area contributed by atoms with Gasteiger partial charge in [-0.05, 0) is 25.0 Å². The summed E-state index contributed by atoms with van der Waals surface area (Å²) in [5.74, 6) is -4.11. The minimum atomic E-state index is -1.34. The number of H-pyrrole nitrogens is 1. The summed E-state index contributed by atoms with van der Waals surface area (Å²) in [5.41, 5.74) is -0.560. The highest BCUT2D eigenvalue weighted by molar-refractivity contribution is 6.09. The molecule has 0 saturated carbocycles. The first-order chi connectivity index (χ1) is 13.0. The third kappa shape index (κ3) is 4.05. The van der Waals surface area contributed by atoms with Crippen molar-refractivity contribution < 1.29 is 27.8 Å². The largest absolute Gasteiger partial charge is 0.496 e. The van der Waals surface area contributed by atoms with Crippen molar-refractivity contribution in [2.75, 3.05) is 25.6 Å². The van der Waals surface area contributed by atoms with Crippen molar-refractivity contribution in [2.45, 2.75) is 18.9 Å². The zero-order chi connectivity index (χ0) is 19.4. The fourth-order valence-corrected chi connectivity index (χ4v) is 2.75. The lowest BCUT2D eigenvalue weighted by Gasteiger charge is -2.23. The first-order valence-corrected chi connectivity index (χ1v) is 8.26. The van der Waals surface area contributed by atoms with Crippen molar-refractivity contribution in [1.29, 1.82) is 0 Å². The van der Waals surface area contributed by atoms with E-state index in [1.165, 1.54) is 13.3 Å². The fourth-order valence-electron chi connectivity index (χ4n) is 2.75.